The molecule has 0 aromatic heterocycles. The zero-order chi connectivity index (χ0) is 12.3. The van der Waals surface area contributed by atoms with Crippen LogP contribution in [-0.2, 0) is 9.47 Å². The van der Waals surface area contributed by atoms with Crippen LogP contribution < -0.4 is 0 Å². The third kappa shape index (κ3) is 7.77. The van der Waals surface area contributed by atoms with Crippen LogP contribution in [0.4, 0.5) is 0 Å². The van der Waals surface area contributed by atoms with Crippen LogP contribution in [0, 0.1) is 0 Å². The lowest BCUT2D eigenvalue weighted by atomic mass is 9.99. The minimum absolute atomic E-state index is 0.0251. The fourth-order valence-electron chi connectivity index (χ4n) is 2.50. The fourth-order valence-corrected chi connectivity index (χ4v) is 2.50. The monoisotopic (exact) mass is 242 g/mol. The number of hydrogen-bond donors (Lipinski definition) is 0. The highest BCUT2D eigenvalue weighted by Gasteiger charge is 2.14. The van der Waals surface area contributed by atoms with Gasteiger partial charge < -0.3 is 9.47 Å². The van der Waals surface area contributed by atoms with E-state index in [0.717, 1.165) is 13.0 Å². The summed E-state index contributed by atoms with van der Waals surface area (Å²) in [6, 6.07) is 0. The second-order valence-electron chi connectivity index (χ2n) is 5.25. The first kappa shape index (κ1) is 15.0. The van der Waals surface area contributed by atoms with Crippen molar-refractivity contribution in [3.05, 3.63) is 0 Å². The molecule has 102 valence electrons. The molecule has 1 saturated carbocycles. The molecular formula is C15H30O2. The van der Waals surface area contributed by atoms with Gasteiger partial charge in [-0.15, -0.1) is 0 Å². The first-order chi connectivity index (χ1) is 8.33. The van der Waals surface area contributed by atoms with Crippen LogP contribution >= 0.6 is 0 Å². The van der Waals surface area contributed by atoms with Gasteiger partial charge in [-0.05, 0) is 26.2 Å². The Morgan fingerprint density at radius 2 is 1.47 bits per heavy atom. The van der Waals surface area contributed by atoms with Gasteiger partial charge in [-0.2, -0.15) is 0 Å². The highest BCUT2D eigenvalue weighted by Crippen LogP contribution is 2.20. The van der Waals surface area contributed by atoms with Crippen molar-refractivity contribution in [3.8, 4) is 0 Å². The third-order valence-corrected chi connectivity index (χ3v) is 3.49. The molecule has 0 N–H and O–H groups in total. The number of ether oxygens (including phenoxy) is 2. The van der Waals surface area contributed by atoms with Crippen molar-refractivity contribution in [2.75, 3.05) is 6.61 Å². The quantitative estimate of drug-likeness (QED) is 0.652. The molecule has 1 fully saturated rings. The van der Waals surface area contributed by atoms with E-state index in [1.165, 1.54) is 57.8 Å². The Morgan fingerprint density at radius 3 is 2.00 bits per heavy atom. The van der Waals surface area contributed by atoms with E-state index in [1.54, 1.807) is 0 Å². The van der Waals surface area contributed by atoms with Crippen LogP contribution in [0.25, 0.3) is 0 Å². The minimum atomic E-state index is -0.0251. The Labute approximate surface area is 107 Å². The van der Waals surface area contributed by atoms with Crippen molar-refractivity contribution >= 4 is 0 Å². The van der Waals surface area contributed by atoms with E-state index in [9.17, 15) is 0 Å². The van der Waals surface area contributed by atoms with Crippen LogP contribution in [0.3, 0.4) is 0 Å². The first-order valence-electron chi connectivity index (χ1n) is 7.60. The second-order valence-corrected chi connectivity index (χ2v) is 5.25. The smallest absolute Gasteiger partial charge is 0.155 e. The van der Waals surface area contributed by atoms with Gasteiger partial charge in [0.1, 0.15) is 0 Å². The molecule has 0 spiro atoms. The average Bonchev–Trinajstić information content (AvgIpc) is 2.34. The van der Waals surface area contributed by atoms with Gasteiger partial charge in [0.05, 0.1) is 6.10 Å². The molecule has 2 heteroatoms. The molecular weight excluding hydrogens is 212 g/mol. The largest absolute Gasteiger partial charge is 0.353 e. The van der Waals surface area contributed by atoms with Gasteiger partial charge in [-0.3, -0.25) is 0 Å². The number of rotatable bonds is 5. The maximum absolute atomic E-state index is 6.00. The number of hydrogen-bond acceptors (Lipinski definition) is 2. The molecule has 1 aliphatic rings. The molecule has 17 heavy (non-hydrogen) atoms. The summed E-state index contributed by atoms with van der Waals surface area (Å²) in [6.45, 7) is 4.98. The van der Waals surface area contributed by atoms with Gasteiger partial charge in [-0.1, -0.05) is 51.9 Å². The van der Waals surface area contributed by atoms with Crippen LogP contribution in [0.5, 0.6) is 0 Å². The molecule has 1 aliphatic carbocycles. The molecule has 1 rings (SSSR count). The summed E-state index contributed by atoms with van der Waals surface area (Å²) < 4.78 is 11.6. The summed E-state index contributed by atoms with van der Waals surface area (Å²) in [6.07, 6.45) is 13.6. The predicted octanol–water partition coefficient (Wildman–Crippen LogP) is 4.67. The van der Waals surface area contributed by atoms with Crippen LogP contribution in [0.15, 0.2) is 0 Å². The van der Waals surface area contributed by atoms with E-state index in [0.29, 0.717) is 6.10 Å². The summed E-state index contributed by atoms with van der Waals surface area (Å²) in [4.78, 5) is 0. The lowest BCUT2D eigenvalue weighted by molar-refractivity contribution is -0.163. The Hall–Kier alpha value is -0.0800. The first-order valence-corrected chi connectivity index (χ1v) is 7.60. The van der Waals surface area contributed by atoms with Gasteiger partial charge in [0.15, 0.2) is 6.29 Å². The predicted molar refractivity (Wildman–Crippen MR) is 72.1 cm³/mol. The molecule has 2 nitrogen and oxygen atoms in total. The SMILES string of the molecule is CCCOC(C)OC1CCCCCCCCC1. The molecule has 0 bridgehead atoms. The topological polar surface area (TPSA) is 18.5 Å². The van der Waals surface area contributed by atoms with E-state index < -0.39 is 0 Å². The molecule has 0 aromatic carbocycles. The summed E-state index contributed by atoms with van der Waals surface area (Å²) >= 11 is 0. The highest BCUT2D eigenvalue weighted by molar-refractivity contribution is 4.62. The van der Waals surface area contributed by atoms with E-state index in [1.807, 2.05) is 6.92 Å². The molecule has 0 amide bonds. The van der Waals surface area contributed by atoms with Gasteiger partial charge in [0.25, 0.3) is 0 Å². The third-order valence-electron chi connectivity index (χ3n) is 3.49. The zero-order valence-electron chi connectivity index (χ0n) is 11.7. The molecule has 0 saturated heterocycles. The summed E-state index contributed by atoms with van der Waals surface area (Å²) in [5, 5.41) is 0. The average molecular weight is 242 g/mol. The fraction of sp³-hybridized carbons (Fsp3) is 1.00. The Morgan fingerprint density at radius 1 is 0.941 bits per heavy atom. The van der Waals surface area contributed by atoms with E-state index >= 15 is 0 Å². The van der Waals surface area contributed by atoms with Crippen LogP contribution in [0.1, 0.15) is 78.1 Å². The molecule has 0 aliphatic heterocycles. The highest BCUT2D eigenvalue weighted by atomic mass is 16.7. The Balaban J connectivity index is 2.21. The van der Waals surface area contributed by atoms with E-state index in [2.05, 4.69) is 6.92 Å². The van der Waals surface area contributed by atoms with Crippen molar-refractivity contribution in [3.63, 3.8) is 0 Å². The normalized spacial score (nSPS) is 22.2. The van der Waals surface area contributed by atoms with Crippen LogP contribution in [-0.4, -0.2) is 19.0 Å². The molecule has 1 atom stereocenters. The van der Waals surface area contributed by atoms with Gasteiger partial charge in [0, 0.05) is 6.61 Å². The molecule has 0 heterocycles. The zero-order valence-corrected chi connectivity index (χ0v) is 11.7. The summed E-state index contributed by atoms with van der Waals surface area (Å²) in [5.74, 6) is 0. The Kier molecular flexibility index (Phi) is 8.72. The maximum atomic E-state index is 6.00. The van der Waals surface area contributed by atoms with Crippen molar-refractivity contribution in [2.24, 2.45) is 0 Å². The Bertz CT molecular complexity index is 160. The lowest BCUT2D eigenvalue weighted by Crippen LogP contribution is -2.23. The molecule has 0 radical (unpaired) electrons. The second kappa shape index (κ2) is 9.90. The van der Waals surface area contributed by atoms with Crippen molar-refractivity contribution in [2.45, 2.75) is 90.4 Å². The van der Waals surface area contributed by atoms with Gasteiger partial charge in [-0.25, -0.2) is 0 Å². The van der Waals surface area contributed by atoms with E-state index in [-0.39, 0.29) is 6.29 Å². The molecule has 1 unspecified atom stereocenters. The maximum Gasteiger partial charge on any atom is 0.155 e. The van der Waals surface area contributed by atoms with Gasteiger partial charge >= 0.3 is 0 Å². The molecule has 0 aromatic rings. The van der Waals surface area contributed by atoms with Crippen molar-refractivity contribution < 1.29 is 9.47 Å². The summed E-state index contributed by atoms with van der Waals surface area (Å²) in [7, 11) is 0. The lowest BCUT2D eigenvalue weighted by Gasteiger charge is -2.23. The van der Waals surface area contributed by atoms with Crippen LogP contribution in [0.2, 0.25) is 0 Å². The van der Waals surface area contributed by atoms with Gasteiger partial charge in [0.2, 0.25) is 0 Å². The summed E-state index contributed by atoms with van der Waals surface area (Å²) in [5.41, 5.74) is 0. The van der Waals surface area contributed by atoms with E-state index in [4.69, 9.17) is 9.47 Å². The van der Waals surface area contributed by atoms with Crippen molar-refractivity contribution in [1.29, 1.82) is 0 Å². The van der Waals surface area contributed by atoms with Crippen molar-refractivity contribution in [1.82, 2.24) is 0 Å². The minimum Gasteiger partial charge on any atom is -0.353 e. The standard InChI is InChI=1S/C15H30O2/c1-3-13-16-14(2)17-15-11-9-7-5-4-6-8-10-12-15/h14-15H,3-13H2,1-2H3.